The molecular weight excluding hydrogens is 321 g/mol. The number of ether oxygens (including phenoxy) is 1. The molecule has 0 aliphatic rings. The molecule has 0 unspecified atom stereocenters. The minimum absolute atomic E-state index is 0.334. The molecule has 0 spiro atoms. The zero-order valence-corrected chi connectivity index (χ0v) is 12.6. The van der Waals surface area contributed by atoms with Gasteiger partial charge in [0.05, 0.1) is 17.7 Å². The normalized spacial score (nSPS) is 11.0. The van der Waals surface area contributed by atoms with Gasteiger partial charge in [-0.15, -0.1) is 6.58 Å². The summed E-state index contributed by atoms with van der Waals surface area (Å²) in [5.41, 5.74) is -1.24. The molecule has 24 heavy (non-hydrogen) atoms. The number of carbonyl (C=O) groups is 1. The number of aromatic nitrogens is 1. The first-order valence-corrected chi connectivity index (χ1v) is 7.08. The second-order valence-corrected chi connectivity index (χ2v) is 4.83. The van der Waals surface area contributed by atoms with Crippen molar-refractivity contribution in [1.29, 1.82) is 0 Å². The molecule has 1 aromatic carbocycles. The first kappa shape index (κ1) is 17.5. The largest absolute Gasteiger partial charge is 0.493 e. The van der Waals surface area contributed by atoms with Gasteiger partial charge in [0.15, 0.2) is 0 Å². The van der Waals surface area contributed by atoms with E-state index in [1.807, 2.05) is 0 Å². The van der Waals surface area contributed by atoms with Crippen molar-refractivity contribution in [2.75, 3.05) is 11.9 Å². The Morgan fingerprint density at radius 2 is 2.12 bits per heavy atom. The van der Waals surface area contributed by atoms with Gasteiger partial charge in [-0.3, -0.25) is 9.78 Å². The summed E-state index contributed by atoms with van der Waals surface area (Å²) in [5.74, 6) is -0.367. The molecule has 0 atom stereocenters. The molecule has 1 aromatic heterocycles. The average molecular weight is 336 g/mol. The highest BCUT2D eigenvalue weighted by Gasteiger charge is 2.35. The van der Waals surface area contributed by atoms with Gasteiger partial charge >= 0.3 is 6.18 Å². The van der Waals surface area contributed by atoms with Crippen LogP contribution < -0.4 is 10.1 Å². The Morgan fingerprint density at radius 3 is 2.83 bits per heavy atom. The molecule has 0 saturated carbocycles. The van der Waals surface area contributed by atoms with Gasteiger partial charge in [0, 0.05) is 24.1 Å². The summed E-state index contributed by atoms with van der Waals surface area (Å²) < 4.78 is 44.2. The van der Waals surface area contributed by atoms with E-state index in [9.17, 15) is 18.0 Å². The SMILES string of the molecule is C=CCCOc1cccc(NC(=O)c2ccncc2C(F)(F)F)c1. The molecule has 1 amide bonds. The molecule has 7 heteroatoms. The van der Waals surface area contributed by atoms with Crippen LogP contribution in [-0.2, 0) is 6.18 Å². The van der Waals surface area contributed by atoms with Crippen molar-refractivity contribution in [3.05, 3.63) is 66.5 Å². The molecule has 1 heterocycles. The molecular formula is C17H15F3N2O2. The lowest BCUT2D eigenvalue weighted by Gasteiger charge is -2.12. The minimum atomic E-state index is -4.66. The molecule has 0 radical (unpaired) electrons. The molecule has 2 aromatic rings. The predicted molar refractivity (Wildman–Crippen MR) is 83.9 cm³/mol. The summed E-state index contributed by atoms with van der Waals surface area (Å²) in [6.45, 7) is 4.00. The highest BCUT2D eigenvalue weighted by atomic mass is 19.4. The van der Waals surface area contributed by atoms with Gasteiger partial charge in [-0.05, 0) is 24.6 Å². The standard InChI is InChI=1S/C17H15F3N2O2/c1-2-3-9-24-13-6-4-5-12(10-13)22-16(23)14-7-8-21-11-15(14)17(18,19)20/h2,4-8,10-11H,1,3,9H2,(H,22,23). The number of nitrogens with zero attached hydrogens (tertiary/aromatic N) is 1. The van der Waals surface area contributed by atoms with E-state index in [0.717, 1.165) is 12.3 Å². The van der Waals surface area contributed by atoms with Gasteiger partial charge in [-0.2, -0.15) is 13.2 Å². The third kappa shape index (κ3) is 4.58. The van der Waals surface area contributed by atoms with Gasteiger partial charge in [0.1, 0.15) is 5.75 Å². The topological polar surface area (TPSA) is 51.2 Å². The zero-order chi connectivity index (χ0) is 17.6. The molecule has 0 bridgehead atoms. The third-order valence-corrected chi connectivity index (χ3v) is 3.05. The average Bonchev–Trinajstić information content (AvgIpc) is 2.55. The Kier molecular flexibility index (Phi) is 5.57. The monoisotopic (exact) mass is 336 g/mol. The van der Waals surface area contributed by atoms with E-state index < -0.39 is 23.2 Å². The van der Waals surface area contributed by atoms with E-state index in [1.165, 1.54) is 6.07 Å². The highest BCUT2D eigenvalue weighted by molar-refractivity contribution is 6.05. The van der Waals surface area contributed by atoms with Crippen LogP contribution in [0.2, 0.25) is 0 Å². The Bertz CT molecular complexity index is 730. The maximum Gasteiger partial charge on any atom is 0.418 e. The quantitative estimate of drug-likeness (QED) is 0.632. The maximum atomic E-state index is 12.9. The van der Waals surface area contributed by atoms with Crippen LogP contribution in [0.25, 0.3) is 0 Å². The number of benzene rings is 1. The fourth-order valence-corrected chi connectivity index (χ4v) is 1.94. The summed E-state index contributed by atoms with van der Waals surface area (Å²) in [6, 6.07) is 7.45. The second-order valence-electron chi connectivity index (χ2n) is 4.83. The highest BCUT2D eigenvalue weighted by Crippen LogP contribution is 2.31. The first-order valence-electron chi connectivity index (χ1n) is 7.08. The van der Waals surface area contributed by atoms with E-state index in [2.05, 4.69) is 16.9 Å². The zero-order valence-electron chi connectivity index (χ0n) is 12.6. The summed E-state index contributed by atoms with van der Waals surface area (Å²) in [4.78, 5) is 15.6. The molecule has 0 saturated heterocycles. The summed E-state index contributed by atoms with van der Waals surface area (Å²) >= 11 is 0. The first-order chi connectivity index (χ1) is 11.4. The number of nitrogens with one attached hydrogen (secondary N) is 1. The van der Waals surface area contributed by atoms with Crippen molar-refractivity contribution in [3.8, 4) is 5.75 Å². The summed E-state index contributed by atoms with van der Waals surface area (Å²) in [5, 5.41) is 2.43. The van der Waals surface area contributed by atoms with Crippen molar-refractivity contribution in [1.82, 2.24) is 4.98 Å². The van der Waals surface area contributed by atoms with Gasteiger partial charge in [-0.1, -0.05) is 12.1 Å². The number of halogens is 3. The fraction of sp³-hybridized carbons (Fsp3) is 0.176. The Morgan fingerprint density at radius 1 is 1.33 bits per heavy atom. The Hall–Kier alpha value is -2.83. The lowest BCUT2D eigenvalue weighted by Crippen LogP contribution is -2.19. The number of anilines is 1. The molecule has 0 aliphatic heterocycles. The van der Waals surface area contributed by atoms with E-state index in [-0.39, 0.29) is 0 Å². The Labute approximate surface area is 137 Å². The molecule has 0 aliphatic carbocycles. The van der Waals surface area contributed by atoms with Crippen LogP contribution in [0.5, 0.6) is 5.75 Å². The minimum Gasteiger partial charge on any atom is -0.493 e. The van der Waals surface area contributed by atoms with Crippen molar-refractivity contribution < 1.29 is 22.7 Å². The van der Waals surface area contributed by atoms with Crippen molar-refractivity contribution in [3.63, 3.8) is 0 Å². The predicted octanol–water partition coefficient (Wildman–Crippen LogP) is 4.31. The van der Waals surface area contributed by atoms with E-state index >= 15 is 0 Å². The van der Waals surface area contributed by atoms with E-state index in [0.29, 0.717) is 30.7 Å². The van der Waals surface area contributed by atoms with Gasteiger partial charge in [-0.25, -0.2) is 0 Å². The number of amides is 1. The van der Waals surface area contributed by atoms with Crippen LogP contribution in [0.1, 0.15) is 22.3 Å². The molecule has 126 valence electrons. The number of hydrogen-bond acceptors (Lipinski definition) is 3. The van der Waals surface area contributed by atoms with E-state index in [1.54, 1.807) is 24.3 Å². The number of rotatable bonds is 6. The number of alkyl halides is 3. The van der Waals surface area contributed by atoms with Crippen LogP contribution in [0.15, 0.2) is 55.4 Å². The van der Waals surface area contributed by atoms with Gasteiger partial charge in [0.25, 0.3) is 5.91 Å². The summed E-state index contributed by atoms with van der Waals surface area (Å²) in [7, 11) is 0. The molecule has 2 rings (SSSR count). The number of carbonyl (C=O) groups excluding carboxylic acids is 1. The van der Waals surface area contributed by atoms with Crippen LogP contribution in [0.3, 0.4) is 0 Å². The van der Waals surface area contributed by atoms with Crippen LogP contribution in [0, 0.1) is 0 Å². The maximum absolute atomic E-state index is 12.9. The van der Waals surface area contributed by atoms with Gasteiger partial charge in [0.2, 0.25) is 0 Å². The Balaban J connectivity index is 2.16. The van der Waals surface area contributed by atoms with Crippen molar-refractivity contribution in [2.24, 2.45) is 0 Å². The number of hydrogen-bond donors (Lipinski definition) is 1. The van der Waals surface area contributed by atoms with Crippen LogP contribution in [0.4, 0.5) is 18.9 Å². The lowest BCUT2D eigenvalue weighted by molar-refractivity contribution is -0.138. The lowest BCUT2D eigenvalue weighted by atomic mass is 10.1. The third-order valence-electron chi connectivity index (χ3n) is 3.05. The number of pyridine rings is 1. The molecule has 1 N–H and O–H groups in total. The van der Waals surface area contributed by atoms with Gasteiger partial charge < -0.3 is 10.1 Å². The smallest absolute Gasteiger partial charge is 0.418 e. The van der Waals surface area contributed by atoms with Crippen molar-refractivity contribution in [2.45, 2.75) is 12.6 Å². The second kappa shape index (κ2) is 7.63. The molecule has 0 fully saturated rings. The van der Waals surface area contributed by atoms with Crippen LogP contribution in [-0.4, -0.2) is 17.5 Å². The van der Waals surface area contributed by atoms with Crippen LogP contribution >= 0.6 is 0 Å². The fourth-order valence-electron chi connectivity index (χ4n) is 1.94. The van der Waals surface area contributed by atoms with E-state index in [4.69, 9.17) is 4.74 Å². The summed E-state index contributed by atoms with van der Waals surface area (Å²) in [6.07, 6.45) is -0.532. The van der Waals surface area contributed by atoms with Crippen molar-refractivity contribution >= 4 is 11.6 Å². The molecule has 4 nitrogen and oxygen atoms in total.